The molecule has 3 aromatic rings. The summed E-state index contributed by atoms with van der Waals surface area (Å²) >= 11 is 0. The minimum absolute atomic E-state index is 0.0294. The first-order valence-corrected chi connectivity index (χ1v) is 11.5. The van der Waals surface area contributed by atoms with Crippen molar-refractivity contribution in [2.45, 2.75) is 33.4 Å². The second-order valence-electron chi connectivity index (χ2n) is 7.42. The Balaban J connectivity index is 2.22. The molecule has 0 amide bonds. The summed E-state index contributed by atoms with van der Waals surface area (Å²) < 4.78 is 46.0. The van der Waals surface area contributed by atoms with Crippen molar-refractivity contribution in [3.63, 3.8) is 0 Å². The summed E-state index contributed by atoms with van der Waals surface area (Å²) in [6.45, 7) is 6.65. The molecular formula is C22H24FN3O4S. The van der Waals surface area contributed by atoms with Crippen LogP contribution in [0.2, 0.25) is 0 Å². The van der Waals surface area contributed by atoms with Crippen molar-refractivity contribution in [1.82, 2.24) is 14.5 Å². The number of rotatable bonds is 6. The van der Waals surface area contributed by atoms with Crippen LogP contribution >= 0.6 is 0 Å². The molecule has 164 valence electrons. The molecule has 0 unspecified atom stereocenters. The first kappa shape index (κ1) is 22.6. The van der Waals surface area contributed by atoms with Crippen LogP contribution < -0.4 is 10.3 Å². The number of pyridine rings is 1. The number of hydrogen-bond donors (Lipinski definition) is 0. The van der Waals surface area contributed by atoms with E-state index in [0.29, 0.717) is 27.9 Å². The standard InChI is InChI=1S/C22H24FN3O4S/c1-6-31(28,29)12-18-15(4)19(16-10-14(3)21(27)26(5)11-16)25-22(24-18)30-20-13(2)8-7-9-17(20)23/h7-11H,6,12H2,1-5H3. The highest BCUT2D eigenvalue weighted by Gasteiger charge is 2.20. The topological polar surface area (TPSA) is 91.2 Å². The van der Waals surface area contributed by atoms with Gasteiger partial charge < -0.3 is 9.30 Å². The minimum atomic E-state index is -3.40. The van der Waals surface area contributed by atoms with Crippen LogP contribution in [0, 0.1) is 26.6 Å². The average Bonchev–Trinajstić information content (AvgIpc) is 2.70. The maximum atomic E-state index is 14.3. The first-order valence-electron chi connectivity index (χ1n) is 9.71. The van der Waals surface area contributed by atoms with E-state index in [1.165, 1.54) is 10.6 Å². The number of sulfone groups is 1. The molecule has 0 aliphatic heterocycles. The molecule has 1 aromatic carbocycles. The number of nitrogens with zero attached hydrogens (tertiary/aromatic N) is 3. The van der Waals surface area contributed by atoms with Crippen LogP contribution in [0.4, 0.5) is 4.39 Å². The number of benzene rings is 1. The van der Waals surface area contributed by atoms with E-state index in [4.69, 9.17) is 4.74 Å². The molecular weight excluding hydrogens is 421 g/mol. The zero-order valence-corrected chi connectivity index (χ0v) is 18.9. The van der Waals surface area contributed by atoms with E-state index in [9.17, 15) is 17.6 Å². The average molecular weight is 446 g/mol. The zero-order chi connectivity index (χ0) is 22.9. The highest BCUT2D eigenvalue weighted by molar-refractivity contribution is 7.90. The van der Waals surface area contributed by atoms with Gasteiger partial charge in [0.15, 0.2) is 21.4 Å². The van der Waals surface area contributed by atoms with Crippen LogP contribution in [0.1, 0.15) is 29.3 Å². The summed E-state index contributed by atoms with van der Waals surface area (Å²) in [5.41, 5.74) is 2.74. The number of aryl methyl sites for hydroxylation is 3. The monoisotopic (exact) mass is 445 g/mol. The Hall–Kier alpha value is -3.07. The zero-order valence-electron chi connectivity index (χ0n) is 18.1. The number of halogens is 1. The van der Waals surface area contributed by atoms with Gasteiger partial charge in [-0.1, -0.05) is 19.1 Å². The second kappa shape index (κ2) is 8.58. The molecule has 31 heavy (non-hydrogen) atoms. The Kier molecular flexibility index (Phi) is 6.26. The lowest BCUT2D eigenvalue weighted by Gasteiger charge is -2.15. The molecule has 0 bridgehead atoms. The summed E-state index contributed by atoms with van der Waals surface area (Å²) in [5.74, 6) is -0.958. The molecule has 0 saturated heterocycles. The van der Waals surface area contributed by atoms with Crippen LogP contribution in [0.5, 0.6) is 11.8 Å². The van der Waals surface area contributed by atoms with Crippen molar-refractivity contribution < 1.29 is 17.5 Å². The van der Waals surface area contributed by atoms with E-state index in [2.05, 4.69) is 9.97 Å². The molecule has 0 saturated carbocycles. The fourth-order valence-electron chi connectivity index (χ4n) is 3.16. The number of ether oxygens (including phenoxy) is 1. The van der Waals surface area contributed by atoms with Crippen molar-refractivity contribution >= 4 is 9.84 Å². The first-order chi connectivity index (χ1) is 14.5. The van der Waals surface area contributed by atoms with Crippen molar-refractivity contribution in [2.24, 2.45) is 7.05 Å². The third-order valence-corrected chi connectivity index (χ3v) is 6.61. The third kappa shape index (κ3) is 4.82. The molecule has 0 radical (unpaired) electrons. The predicted octanol–water partition coefficient (Wildman–Crippen LogP) is 3.63. The highest BCUT2D eigenvalue weighted by atomic mass is 32.2. The van der Waals surface area contributed by atoms with E-state index >= 15 is 0 Å². The van der Waals surface area contributed by atoms with Crippen molar-refractivity contribution in [2.75, 3.05) is 5.75 Å². The Morgan fingerprint density at radius 2 is 1.84 bits per heavy atom. The largest absolute Gasteiger partial charge is 0.421 e. The molecule has 0 atom stereocenters. The Morgan fingerprint density at radius 1 is 1.13 bits per heavy atom. The molecule has 3 rings (SSSR count). The second-order valence-corrected chi connectivity index (χ2v) is 9.77. The van der Waals surface area contributed by atoms with E-state index in [1.54, 1.807) is 59.1 Å². The normalized spacial score (nSPS) is 11.5. The van der Waals surface area contributed by atoms with Crippen LogP contribution in [-0.4, -0.2) is 28.7 Å². The quantitative estimate of drug-likeness (QED) is 0.575. The fraction of sp³-hybridized carbons (Fsp3) is 0.318. The van der Waals surface area contributed by atoms with Gasteiger partial charge in [-0.3, -0.25) is 4.79 Å². The van der Waals surface area contributed by atoms with Gasteiger partial charge in [-0.2, -0.15) is 9.97 Å². The van der Waals surface area contributed by atoms with Crippen LogP contribution in [0.3, 0.4) is 0 Å². The van der Waals surface area contributed by atoms with E-state index in [0.717, 1.165) is 0 Å². The highest BCUT2D eigenvalue weighted by Crippen LogP contribution is 2.30. The number of hydrogen-bond acceptors (Lipinski definition) is 6. The van der Waals surface area contributed by atoms with Crippen LogP contribution in [-0.2, 0) is 22.6 Å². The summed E-state index contributed by atoms with van der Waals surface area (Å²) in [6.07, 6.45) is 1.61. The molecule has 7 nitrogen and oxygen atoms in total. The third-order valence-electron chi connectivity index (χ3n) is 5.02. The molecule has 9 heteroatoms. The molecule has 0 fully saturated rings. The van der Waals surface area contributed by atoms with E-state index in [1.807, 2.05) is 0 Å². The number of aromatic nitrogens is 3. The molecule has 0 aliphatic rings. The molecule has 0 aliphatic carbocycles. The van der Waals surface area contributed by atoms with Gasteiger partial charge in [0.25, 0.3) is 5.56 Å². The minimum Gasteiger partial charge on any atom is -0.421 e. The fourth-order valence-corrected chi connectivity index (χ4v) is 4.06. The molecule has 2 heterocycles. The Labute approximate surface area is 180 Å². The molecule has 0 spiro atoms. The smallest absolute Gasteiger partial charge is 0.322 e. The summed E-state index contributed by atoms with van der Waals surface area (Å²) in [6, 6.07) is 6.02. The Morgan fingerprint density at radius 3 is 2.45 bits per heavy atom. The SMILES string of the molecule is CCS(=O)(=O)Cc1nc(Oc2c(C)cccc2F)nc(-c2cc(C)c(=O)n(C)c2)c1C. The van der Waals surface area contributed by atoms with Crippen LogP contribution in [0.15, 0.2) is 35.3 Å². The summed E-state index contributed by atoms with van der Waals surface area (Å²) in [5, 5.41) is 0. The lowest BCUT2D eigenvalue weighted by atomic mass is 10.1. The van der Waals surface area contributed by atoms with Crippen molar-refractivity contribution in [3.8, 4) is 23.0 Å². The Bertz CT molecular complexity index is 1270. The van der Waals surface area contributed by atoms with E-state index in [-0.39, 0.29) is 34.5 Å². The maximum Gasteiger partial charge on any atom is 0.322 e. The maximum absolute atomic E-state index is 14.3. The van der Waals surface area contributed by atoms with Gasteiger partial charge in [-0.15, -0.1) is 0 Å². The van der Waals surface area contributed by atoms with Gasteiger partial charge in [-0.05, 0) is 44.0 Å². The molecule has 2 aromatic heterocycles. The predicted molar refractivity (Wildman–Crippen MR) is 117 cm³/mol. The summed E-state index contributed by atoms with van der Waals surface area (Å²) in [4.78, 5) is 20.8. The molecule has 0 N–H and O–H groups in total. The van der Waals surface area contributed by atoms with Crippen LogP contribution in [0.25, 0.3) is 11.3 Å². The van der Waals surface area contributed by atoms with Gasteiger partial charge >= 0.3 is 6.01 Å². The van der Waals surface area contributed by atoms with Gasteiger partial charge in [0.1, 0.15) is 0 Å². The lowest BCUT2D eigenvalue weighted by Crippen LogP contribution is -2.19. The van der Waals surface area contributed by atoms with Gasteiger partial charge in [0, 0.05) is 30.1 Å². The van der Waals surface area contributed by atoms with Crippen molar-refractivity contribution in [1.29, 1.82) is 0 Å². The van der Waals surface area contributed by atoms with E-state index < -0.39 is 15.7 Å². The van der Waals surface area contributed by atoms with Gasteiger partial charge in [0.2, 0.25) is 0 Å². The van der Waals surface area contributed by atoms with Gasteiger partial charge in [-0.25, -0.2) is 12.8 Å². The summed E-state index contributed by atoms with van der Waals surface area (Å²) in [7, 11) is -1.78. The number of para-hydroxylation sites is 1. The van der Waals surface area contributed by atoms with Crippen molar-refractivity contribution in [3.05, 3.63) is 69.0 Å². The lowest BCUT2D eigenvalue weighted by molar-refractivity contribution is 0.407. The van der Waals surface area contributed by atoms with Gasteiger partial charge in [0.05, 0.1) is 17.1 Å².